The Morgan fingerprint density at radius 2 is 1.24 bits per heavy atom. The van der Waals surface area contributed by atoms with E-state index in [0.717, 1.165) is 27.8 Å². The number of anilines is 1. The predicted octanol–water partition coefficient (Wildman–Crippen LogP) is 6.62. The number of hydrogen-bond acceptors (Lipinski definition) is 3. The van der Waals surface area contributed by atoms with Crippen molar-refractivity contribution in [3.63, 3.8) is 0 Å². The van der Waals surface area contributed by atoms with E-state index in [2.05, 4.69) is 29.0 Å². The number of hydrogen-bond donors (Lipinski definition) is 1. The normalized spacial score (nSPS) is 11.2. The van der Waals surface area contributed by atoms with Crippen molar-refractivity contribution in [3.05, 3.63) is 138 Å². The molecule has 0 saturated carbocycles. The minimum atomic E-state index is -3.73. The Balaban J connectivity index is 1.60. The Bertz CT molecular complexity index is 1520. The summed E-state index contributed by atoms with van der Waals surface area (Å²) < 4.78 is 28.6. The number of sulfonamides is 1. The number of rotatable bonds is 6. The Kier molecular flexibility index (Phi) is 5.93. The zero-order valence-corrected chi connectivity index (χ0v) is 19.1. The van der Waals surface area contributed by atoms with Crippen LogP contribution >= 0.6 is 0 Å². The van der Waals surface area contributed by atoms with E-state index in [-0.39, 0.29) is 4.90 Å². The molecule has 1 heterocycles. The lowest BCUT2D eigenvalue weighted by Crippen LogP contribution is -2.13. The van der Waals surface area contributed by atoms with Gasteiger partial charge in [-0.1, -0.05) is 97.1 Å². The average molecular weight is 463 g/mol. The van der Waals surface area contributed by atoms with Gasteiger partial charge in [0.25, 0.3) is 10.0 Å². The van der Waals surface area contributed by atoms with Crippen LogP contribution in [0.1, 0.15) is 16.8 Å². The molecule has 0 bridgehead atoms. The van der Waals surface area contributed by atoms with Crippen molar-refractivity contribution in [2.45, 2.75) is 4.90 Å². The van der Waals surface area contributed by atoms with Crippen molar-refractivity contribution in [2.24, 2.45) is 0 Å². The number of nitrogens with one attached hydrogen (secondary N) is 1. The van der Waals surface area contributed by atoms with Crippen LogP contribution in [0.15, 0.2) is 126 Å². The Morgan fingerprint density at radius 3 is 1.85 bits per heavy atom. The van der Waals surface area contributed by atoms with Crippen LogP contribution in [0.2, 0.25) is 0 Å². The van der Waals surface area contributed by atoms with Crippen LogP contribution in [-0.4, -0.2) is 13.4 Å². The number of pyridine rings is 1. The third-order valence-electron chi connectivity index (χ3n) is 5.50. The molecule has 0 fully saturated rings. The Labute approximate surface area is 199 Å². The fourth-order valence-electron chi connectivity index (χ4n) is 3.84. The fraction of sp³-hybridized carbons (Fsp3) is 0. The van der Waals surface area contributed by atoms with E-state index in [0.29, 0.717) is 11.2 Å². The number of nitrogens with zero attached hydrogens (tertiary/aromatic N) is 1. The summed E-state index contributed by atoms with van der Waals surface area (Å²) in [5.74, 6) is 0. The highest BCUT2D eigenvalue weighted by Gasteiger charge is 2.16. The molecule has 0 unspecified atom stereocenters. The summed E-state index contributed by atoms with van der Waals surface area (Å²) in [5, 5.41) is 0.853. The maximum absolute atomic E-state index is 12.9. The summed E-state index contributed by atoms with van der Waals surface area (Å²) in [6.45, 7) is 0. The Morgan fingerprint density at radius 1 is 0.647 bits per heavy atom. The first kappa shape index (κ1) is 21.6. The second-order valence-electron chi connectivity index (χ2n) is 7.82. The van der Waals surface area contributed by atoms with Gasteiger partial charge in [-0.2, -0.15) is 0 Å². The van der Waals surface area contributed by atoms with Crippen LogP contribution in [0, 0.1) is 0 Å². The van der Waals surface area contributed by atoms with E-state index in [1.54, 1.807) is 36.4 Å². The summed E-state index contributed by atoms with van der Waals surface area (Å²) in [4.78, 5) is 5.05. The van der Waals surface area contributed by atoms with Gasteiger partial charge in [-0.3, -0.25) is 4.72 Å². The summed E-state index contributed by atoms with van der Waals surface area (Å²) in [7, 11) is -3.73. The van der Waals surface area contributed by atoms with Crippen LogP contribution in [0.5, 0.6) is 0 Å². The lowest BCUT2D eigenvalue weighted by Gasteiger charge is -2.12. The summed E-state index contributed by atoms with van der Waals surface area (Å²) in [5.41, 5.74) is 4.97. The second-order valence-corrected chi connectivity index (χ2v) is 9.50. The highest BCUT2D eigenvalue weighted by atomic mass is 32.2. The molecule has 0 atom stereocenters. The molecular formula is C29H22N2O2S. The third-order valence-corrected chi connectivity index (χ3v) is 6.88. The van der Waals surface area contributed by atoms with Crippen LogP contribution in [0.3, 0.4) is 0 Å². The molecule has 0 aliphatic heterocycles. The SMILES string of the molecule is O=S(=O)(Nc1cccc2ccc(C=C(c3ccccc3)c3ccccc3)nc12)c1ccccc1. The molecule has 1 aromatic heterocycles. The van der Waals surface area contributed by atoms with Gasteiger partial charge in [-0.15, -0.1) is 0 Å². The van der Waals surface area contributed by atoms with E-state index in [1.165, 1.54) is 0 Å². The van der Waals surface area contributed by atoms with Gasteiger partial charge in [0, 0.05) is 5.39 Å². The maximum atomic E-state index is 12.9. The first-order valence-corrected chi connectivity index (χ1v) is 12.4. The highest BCUT2D eigenvalue weighted by molar-refractivity contribution is 7.92. The first-order valence-electron chi connectivity index (χ1n) is 10.9. The molecule has 0 saturated heterocycles. The van der Waals surface area contributed by atoms with Gasteiger partial charge in [-0.25, -0.2) is 13.4 Å². The van der Waals surface area contributed by atoms with Crippen LogP contribution in [0.4, 0.5) is 5.69 Å². The smallest absolute Gasteiger partial charge is 0.261 e. The van der Waals surface area contributed by atoms with E-state index >= 15 is 0 Å². The monoisotopic (exact) mass is 462 g/mol. The highest BCUT2D eigenvalue weighted by Crippen LogP contribution is 2.28. The molecule has 0 aliphatic rings. The molecule has 5 heteroatoms. The molecule has 4 nitrogen and oxygen atoms in total. The minimum absolute atomic E-state index is 0.207. The van der Waals surface area contributed by atoms with Crippen molar-refractivity contribution < 1.29 is 8.42 Å². The second kappa shape index (κ2) is 9.33. The zero-order chi connectivity index (χ0) is 23.4. The predicted molar refractivity (Wildman–Crippen MR) is 139 cm³/mol. The van der Waals surface area contributed by atoms with Gasteiger partial charge >= 0.3 is 0 Å². The van der Waals surface area contributed by atoms with Crippen molar-refractivity contribution in [1.29, 1.82) is 0 Å². The molecule has 4 aromatic carbocycles. The standard InChI is InChI=1S/C29H22N2O2S/c32-34(33,26-16-8-3-9-17-26)31-28-18-10-15-24-19-20-25(30-29(24)28)21-27(22-11-4-1-5-12-22)23-13-6-2-7-14-23/h1-21,31H. The van der Waals surface area contributed by atoms with E-state index in [9.17, 15) is 8.42 Å². The molecule has 5 aromatic rings. The molecule has 166 valence electrons. The molecule has 34 heavy (non-hydrogen) atoms. The van der Waals surface area contributed by atoms with Gasteiger partial charge in [0.15, 0.2) is 0 Å². The lowest BCUT2D eigenvalue weighted by molar-refractivity contribution is 0.601. The molecule has 0 radical (unpaired) electrons. The van der Waals surface area contributed by atoms with Crippen LogP contribution in [-0.2, 0) is 10.0 Å². The maximum Gasteiger partial charge on any atom is 0.261 e. The van der Waals surface area contributed by atoms with Crippen molar-refractivity contribution >= 4 is 38.3 Å². The number of para-hydroxylation sites is 1. The van der Waals surface area contributed by atoms with Crippen LogP contribution in [0.25, 0.3) is 22.6 Å². The molecule has 5 rings (SSSR count). The van der Waals surface area contributed by atoms with Gasteiger partial charge in [-0.05, 0) is 47.0 Å². The van der Waals surface area contributed by atoms with Crippen molar-refractivity contribution in [2.75, 3.05) is 4.72 Å². The lowest BCUT2D eigenvalue weighted by atomic mass is 9.97. The number of fused-ring (bicyclic) bond motifs is 1. The summed E-state index contributed by atoms with van der Waals surface area (Å²) in [6.07, 6.45) is 2.03. The molecule has 0 aliphatic carbocycles. The van der Waals surface area contributed by atoms with Gasteiger partial charge in [0.05, 0.1) is 21.8 Å². The average Bonchev–Trinajstić information content (AvgIpc) is 2.89. The van der Waals surface area contributed by atoms with Gasteiger partial charge in [0.2, 0.25) is 0 Å². The third kappa shape index (κ3) is 4.60. The van der Waals surface area contributed by atoms with E-state index in [1.807, 2.05) is 66.7 Å². The topological polar surface area (TPSA) is 59.1 Å². The zero-order valence-electron chi connectivity index (χ0n) is 18.3. The Hall–Kier alpha value is -4.22. The fourth-order valence-corrected chi connectivity index (χ4v) is 4.93. The largest absolute Gasteiger partial charge is 0.277 e. The minimum Gasteiger partial charge on any atom is -0.277 e. The summed E-state index contributed by atoms with van der Waals surface area (Å²) >= 11 is 0. The number of benzene rings is 4. The molecule has 0 amide bonds. The number of aromatic nitrogens is 1. The molecule has 1 N–H and O–H groups in total. The van der Waals surface area contributed by atoms with Crippen LogP contribution < -0.4 is 4.72 Å². The quantitative estimate of drug-likeness (QED) is 0.308. The molecule has 0 spiro atoms. The summed E-state index contributed by atoms with van der Waals surface area (Å²) in [6, 6.07) is 38.0. The van der Waals surface area contributed by atoms with Gasteiger partial charge in [0.1, 0.15) is 0 Å². The van der Waals surface area contributed by atoms with Gasteiger partial charge < -0.3 is 0 Å². The van der Waals surface area contributed by atoms with E-state index in [4.69, 9.17) is 4.98 Å². The van der Waals surface area contributed by atoms with Crippen molar-refractivity contribution in [1.82, 2.24) is 4.98 Å². The van der Waals surface area contributed by atoms with E-state index < -0.39 is 10.0 Å². The van der Waals surface area contributed by atoms with Crippen molar-refractivity contribution in [3.8, 4) is 0 Å². The molecular weight excluding hydrogens is 440 g/mol. The first-order chi connectivity index (χ1) is 16.6.